The number of halogens is 1. The summed E-state index contributed by atoms with van der Waals surface area (Å²) in [6.45, 7) is 3.89. The number of nitrogens with zero attached hydrogens (tertiary/aromatic N) is 1. The summed E-state index contributed by atoms with van der Waals surface area (Å²) in [4.78, 5) is 26.9. The standard InChI is InChI=1S/C23H29N3O3.ClH/c1-2-26(20-6-4-3-5-7-20)21(27)16-17-8-10-19(11-9-17)25-23(28)22(24)18-12-14-29-15-13-18;/h3-11,18,22H,2,12-16,24H2,1H3,(H,25,28);1H. The smallest absolute Gasteiger partial charge is 0.241 e. The van der Waals surface area contributed by atoms with Gasteiger partial charge in [-0.1, -0.05) is 30.3 Å². The molecular weight excluding hydrogens is 402 g/mol. The highest BCUT2D eigenvalue weighted by molar-refractivity contribution is 5.96. The number of carbonyl (C=O) groups excluding carboxylic acids is 2. The van der Waals surface area contributed by atoms with Gasteiger partial charge in [0.15, 0.2) is 0 Å². The van der Waals surface area contributed by atoms with E-state index in [2.05, 4.69) is 5.32 Å². The quantitative estimate of drug-likeness (QED) is 0.703. The molecular formula is C23H30ClN3O3. The zero-order valence-electron chi connectivity index (χ0n) is 17.3. The molecule has 0 aliphatic carbocycles. The van der Waals surface area contributed by atoms with E-state index < -0.39 is 6.04 Å². The lowest BCUT2D eigenvalue weighted by molar-refractivity contribution is -0.119. The number of rotatable bonds is 7. The second-order valence-corrected chi connectivity index (χ2v) is 7.31. The first-order chi connectivity index (χ1) is 14.1. The van der Waals surface area contributed by atoms with Crippen molar-refractivity contribution >= 4 is 35.6 Å². The lowest BCUT2D eigenvalue weighted by atomic mass is 9.92. The van der Waals surface area contributed by atoms with E-state index in [1.165, 1.54) is 0 Å². The van der Waals surface area contributed by atoms with Crippen LogP contribution in [-0.4, -0.2) is 37.6 Å². The average Bonchev–Trinajstić information content (AvgIpc) is 2.76. The maximum absolute atomic E-state index is 12.7. The van der Waals surface area contributed by atoms with E-state index in [1.807, 2.05) is 61.5 Å². The highest BCUT2D eigenvalue weighted by atomic mass is 35.5. The summed E-state index contributed by atoms with van der Waals surface area (Å²) < 4.78 is 5.33. The molecule has 6 nitrogen and oxygen atoms in total. The lowest BCUT2D eigenvalue weighted by Crippen LogP contribution is -2.44. The van der Waals surface area contributed by atoms with Crippen LogP contribution >= 0.6 is 12.4 Å². The minimum atomic E-state index is -0.538. The lowest BCUT2D eigenvalue weighted by Gasteiger charge is -2.26. The average molecular weight is 432 g/mol. The maximum atomic E-state index is 12.7. The molecule has 2 amide bonds. The van der Waals surface area contributed by atoms with Gasteiger partial charge in [0.05, 0.1) is 12.5 Å². The number of para-hydroxylation sites is 1. The van der Waals surface area contributed by atoms with Crippen molar-refractivity contribution in [3.05, 3.63) is 60.2 Å². The van der Waals surface area contributed by atoms with Gasteiger partial charge in [-0.2, -0.15) is 0 Å². The molecule has 1 atom stereocenters. The summed E-state index contributed by atoms with van der Waals surface area (Å²) in [7, 11) is 0. The van der Waals surface area contributed by atoms with Crippen LogP contribution in [0.1, 0.15) is 25.3 Å². The molecule has 0 spiro atoms. The summed E-state index contributed by atoms with van der Waals surface area (Å²) >= 11 is 0. The molecule has 2 aromatic rings. The van der Waals surface area contributed by atoms with Gasteiger partial charge in [0, 0.05) is 31.1 Å². The first kappa shape index (κ1) is 23.9. The molecule has 1 aliphatic rings. The van der Waals surface area contributed by atoms with Crippen molar-refractivity contribution in [2.24, 2.45) is 11.7 Å². The van der Waals surface area contributed by atoms with Crippen molar-refractivity contribution in [2.75, 3.05) is 30.0 Å². The van der Waals surface area contributed by atoms with Crippen LogP contribution in [0.25, 0.3) is 0 Å². The summed E-state index contributed by atoms with van der Waals surface area (Å²) in [6.07, 6.45) is 1.93. The van der Waals surface area contributed by atoms with Gasteiger partial charge < -0.3 is 20.7 Å². The van der Waals surface area contributed by atoms with E-state index in [0.717, 1.165) is 24.1 Å². The van der Waals surface area contributed by atoms with Gasteiger partial charge >= 0.3 is 0 Å². The number of hydrogen-bond donors (Lipinski definition) is 2. The molecule has 1 aliphatic heterocycles. The van der Waals surface area contributed by atoms with Crippen molar-refractivity contribution in [1.29, 1.82) is 0 Å². The molecule has 0 bridgehead atoms. The van der Waals surface area contributed by atoms with E-state index in [4.69, 9.17) is 10.5 Å². The Balaban J connectivity index is 0.00000320. The Labute approximate surface area is 184 Å². The number of amides is 2. The van der Waals surface area contributed by atoms with Crippen LogP contribution in [0.4, 0.5) is 11.4 Å². The monoisotopic (exact) mass is 431 g/mol. The predicted molar refractivity (Wildman–Crippen MR) is 122 cm³/mol. The third kappa shape index (κ3) is 6.29. The molecule has 3 rings (SSSR count). The third-order valence-corrected chi connectivity index (χ3v) is 5.34. The molecule has 162 valence electrons. The summed E-state index contributed by atoms with van der Waals surface area (Å²) in [6, 6.07) is 16.5. The zero-order chi connectivity index (χ0) is 20.6. The molecule has 1 unspecified atom stereocenters. The molecule has 0 aromatic heterocycles. The molecule has 0 radical (unpaired) electrons. The Kier molecular flexibility index (Phi) is 9.30. The fourth-order valence-electron chi connectivity index (χ4n) is 3.60. The van der Waals surface area contributed by atoms with Crippen LogP contribution in [0, 0.1) is 5.92 Å². The summed E-state index contributed by atoms with van der Waals surface area (Å²) in [5, 5.41) is 2.88. The van der Waals surface area contributed by atoms with Crippen molar-refractivity contribution in [3.63, 3.8) is 0 Å². The predicted octanol–water partition coefficient (Wildman–Crippen LogP) is 3.40. The number of hydrogen-bond acceptors (Lipinski definition) is 4. The molecule has 1 heterocycles. The SMILES string of the molecule is CCN(C(=O)Cc1ccc(NC(=O)C(N)C2CCOCC2)cc1)c1ccccc1.Cl. The first-order valence-electron chi connectivity index (χ1n) is 10.2. The second kappa shape index (κ2) is 11.7. The van der Waals surface area contributed by atoms with Gasteiger partial charge in [0.25, 0.3) is 0 Å². The van der Waals surface area contributed by atoms with Gasteiger partial charge in [-0.15, -0.1) is 12.4 Å². The van der Waals surface area contributed by atoms with Gasteiger partial charge in [-0.25, -0.2) is 0 Å². The van der Waals surface area contributed by atoms with Gasteiger partial charge in [-0.3, -0.25) is 9.59 Å². The zero-order valence-corrected chi connectivity index (χ0v) is 18.1. The Morgan fingerprint density at radius 2 is 1.73 bits per heavy atom. The van der Waals surface area contributed by atoms with Crippen LogP contribution < -0.4 is 16.0 Å². The molecule has 1 fully saturated rings. The fourth-order valence-corrected chi connectivity index (χ4v) is 3.60. The number of likely N-dealkylation sites (N-methyl/N-ethyl adjacent to an activating group) is 1. The minimum absolute atomic E-state index is 0. The van der Waals surface area contributed by atoms with Crippen LogP contribution in [0.2, 0.25) is 0 Å². The molecule has 3 N–H and O–H groups in total. The number of carbonyl (C=O) groups is 2. The Morgan fingerprint density at radius 1 is 1.10 bits per heavy atom. The molecule has 7 heteroatoms. The summed E-state index contributed by atoms with van der Waals surface area (Å²) in [5.41, 5.74) is 8.60. The molecule has 1 saturated heterocycles. The Bertz CT molecular complexity index is 808. The molecule has 30 heavy (non-hydrogen) atoms. The summed E-state index contributed by atoms with van der Waals surface area (Å²) in [5.74, 6) is 0.0117. The van der Waals surface area contributed by atoms with Crippen molar-refractivity contribution in [2.45, 2.75) is 32.2 Å². The number of nitrogens with one attached hydrogen (secondary N) is 1. The highest BCUT2D eigenvalue weighted by Crippen LogP contribution is 2.20. The van der Waals surface area contributed by atoms with Crippen molar-refractivity contribution in [1.82, 2.24) is 0 Å². The number of ether oxygens (including phenoxy) is 1. The van der Waals surface area contributed by atoms with Crippen LogP contribution in [-0.2, 0) is 20.7 Å². The first-order valence-corrected chi connectivity index (χ1v) is 10.2. The Morgan fingerprint density at radius 3 is 2.33 bits per heavy atom. The van der Waals surface area contributed by atoms with Crippen molar-refractivity contribution in [3.8, 4) is 0 Å². The maximum Gasteiger partial charge on any atom is 0.241 e. The normalized spacial score (nSPS) is 15.0. The Hall–Kier alpha value is -2.41. The number of nitrogens with two attached hydrogens (primary N) is 1. The van der Waals surface area contributed by atoms with Crippen LogP contribution in [0.15, 0.2) is 54.6 Å². The van der Waals surface area contributed by atoms with Crippen LogP contribution in [0.3, 0.4) is 0 Å². The minimum Gasteiger partial charge on any atom is -0.381 e. The second-order valence-electron chi connectivity index (χ2n) is 7.31. The fraction of sp³-hybridized carbons (Fsp3) is 0.391. The largest absolute Gasteiger partial charge is 0.381 e. The van der Waals surface area contributed by atoms with Crippen molar-refractivity contribution < 1.29 is 14.3 Å². The van der Waals surface area contributed by atoms with Gasteiger partial charge in [-0.05, 0) is 55.5 Å². The molecule has 2 aromatic carbocycles. The number of anilines is 2. The van der Waals surface area contributed by atoms with E-state index in [1.54, 1.807) is 4.90 Å². The van der Waals surface area contributed by atoms with Gasteiger partial charge in [0.2, 0.25) is 11.8 Å². The van der Waals surface area contributed by atoms with E-state index in [9.17, 15) is 9.59 Å². The van der Waals surface area contributed by atoms with Gasteiger partial charge in [0.1, 0.15) is 0 Å². The van der Waals surface area contributed by atoms with E-state index in [-0.39, 0.29) is 30.1 Å². The van der Waals surface area contributed by atoms with E-state index in [0.29, 0.717) is 31.9 Å². The third-order valence-electron chi connectivity index (χ3n) is 5.34. The number of benzene rings is 2. The molecule has 0 saturated carbocycles. The van der Waals surface area contributed by atoms with E-state index >= 15 is 0 Å². The van der Waals surface area contributed by atoms with Crippen LogP contribution in [0.5, 0.6) is 0 Å². The highest BCUT2D eigenvalue weighted by Gasteiger charge is 2.26. The topological polar surface area (TPSA) is 84.7 Å².